The van der Waals surface area contributed by atoms with E-state index in [4.69, 9.17) is 16.3 Å². The van der Waals surface area contributed by atoms with Crippen molar-refractivity contribution in [1.82, 2.24) is 20.2 Å². The Labute approximate surface area is 141 Å². The number of hydrogen-bond donors (Lipinski definition) is 2. The fraction of sp³-hybridized carbons (Fsp3) is 0.0588. The number of ether oxygens (including phenoxy) is 1. The summed E-state index contributed by atoms with van der Waals surface area (Å²) in [6.07, 6.45) is 0. The van der Waals surface area contributed by atoms with Crippen molar-refractivity contribution in [2.24, 2.45) is 0 Å². The first kappa shape index (κ1) is 14.7. The molecule has 0 radical (unpaired) electrons. The molecule has 4 rings (SSSR count). The lowest BCUT2D eigenvalue weighted by molar-refractivity contribution is 0.415. The Kier molecular flexibility index (Phi) is 3.46. The zero-order chi connectivity index (χ0) is 16.7. The van der Waals surface area contributed by atoms with Crippen LogP contribution in [0.5, 0.6) is 5.75 Å². The van der Waals surface area contributed by atoms with Gasteiger partial charge in [-0.3, -0.25) is 5.10 Å². The predicted octanol–water partition coefficient (Wildman–Crippen LogP) is 4.42. The van der Waals surface area contributed by atoms with Gasteiger partial charge in [0.05, 0.1) is 28.9 Å². The van der Waals surface area contributed by atoms with E-state index in [-0.39, 0.29) is 5.02 Å². The van der Waals surface area contributed by atoms with Crippen LogP contribution in [-0.2, 0) is 0 Å². The van der Waals surface area contributed by atoms with Gasteiger partial charge in [-0.15, -0.1) is 0 Å². The van der Waals surface area contributed by atoms with Gasteiger partial charge in [-0.25, -0.2) is 9.37 Å². The number of halogens is 2. The molecular formula is C17H12ClFN4O. The molecule has 0 spiro atoms. The summed E-state index contributed by atoms with van der Waals surface area (Å²) < 4.78 is 18.7. The number of hydrogen-bond acceptors (Lipinski definition) is 3. The third-order valence-corrected chi connectivity index (χ3v) is 4.03. The highest BCUT2D eigenvalue weighted by atomic mass is 35.5. The van der Waals surface area contributed by atoms with Crippen molar-refractivity contribution < 1.29 is 9.13 Å². The molecule has 0 bridgehead atoms. The minimum absolute atomic E-state index is 0.0454. The summed E-state index contributed by atoms with van der Waals surface area (Å²) in [6.45, 7) is 0. The van der Waals surface area contributed by atoms with Crippen LogP contribution in [0.3, 0.4) is 0 Å². The second kappa shape index (κ2) is 5.65. The van der Waals surface area contributed by atoms with Gasteiger partial charge in [0.1, 0.15) is 17.3 Å². The molecule has 0 saturated carbocycles. The van der Waals surface area contributed by atoms with Crippen LogP contribution in [0.1, 0.15) is 0 Å². The number of rotatable bonds is 3. The molecule has 120 valence electrons. The Morgan fingerprint density at radius 1 is 1.12 bits per heavy atom. The molecule has 0 aliphatic heterocycles. The van der Waals surface area contributed by atoms with Gasteiger partial charge >= 0.3 is 0 Å². The number of nitrogens with one attached hydrogen (secondary N) is 2. The standard InChI is InChI=1S/C17H12ClFN4O/c1-24-10-4-2-9(3-5-10)13-8-16(23-22-13)17-20-14-6-11(18)12(19)7-15(14)21-17/h2-8H,1H3,(H,20,21)(H,22,23). The quantitative estimate of drug-likeness (QED) is 0.579. The number of H-pyrrole nitrogens is 2. The maximum Gasteiger partial charge on any atom is 0.156 e. The van der Waals surface area contributed by atoms with Crippen molar-refractivity contribution in [3.8, 4) is 28.5 Å². The number of imidazole rings is 1. The first-order chi connectivity index (χ1) is 11.6. The molecule has 0 aliphatic rings. The predicted molar refractivity (Wildman–Crippen MR) is 90.6 cm³/mol. The van der Waals surface area contributed by atoms with Gasteiger partial charge in [0.25, 0.3) is 0 Å². The summed E-state index contributed by atoms with van der Waals surface area (Å²) in [5.41, 5.74) is 3.60. The van der Waals surface area contributed by atoms with Gasteiger partial charge in [-0.05, 0) is 36.4 Å². The fourth-order valence-electron chi connectivity index (χ4n) is 2.49. The molecule has 2 N–H and O–H groups in total. The molecule has 5 nitrogen and oxygen atoms in total. The summed E-state index contributed by atoms with van der Waals surface area (Å²) >= 11 is 5.79. The van der Waals surface area contributed by atoms with Gasteiger partial charge in [-0.1, -0.05) is 11.6 Å². The molecule has 4 aromatic rings. The van der Waals surface area contributed by atoms with Crippen LogP contribution >= 0.6 is 11.6 Å². The van der Waals surface area contributed by atoms with Crippen molar-refractivity contribution in [1.29, 1.82) is 0 Å². The average molecular weight is 343 g/mol. The van der Waals surface area contributed by atoms with Crippen LogP contribution in [0.15, 0.2) is 42.5 Å². The zero-order valence-corrected chi connectivity index (χ0v) is 13.4. The molecule has 0 amide bonds. The van der Waals surface area contributed by atoms with Gasteiger partial charge in [0.2, 0.25) is 0 Å². The van der Waals surface area contributed by atoms with Gasteiger partial charge in [0, 0.05) is 11.6 Å². The lowest BCUT2D eigenvalue weighted by atomic mass is 10.1. The van der Waals surface area contributed by atoms with Crippen molar-refractivity contribution in [2.45, 2.75) is 0 Å². The maximum atomic E-state index is 13.5. The highest BCUT2D eigenvalue weighted by Gasteiger charge is 2.12. The van der Waals surface area contributed by atoms with Crippen molar-refractivity contribution >= 4 is 22.6 Å². The molecule has 0 atom stereocenters. The number of fused-ring (bicyclic) bond motifs is 1. The molecule has 7 heteroatoms. The van der Waals surface area contributed by atoms with E-state index in [1.165, 1.54) is 12.1 Å². The largest absolute Gasteiger partial charge is 0.497 e. The van der Waals surface area contributed by atoms with Crippen LogP contribution in [0.4, 0.5) is 4.39 Å². The van der Waals surface area contributed by atoms with E-state index < -0.39 is 5.82 Å². The first-order valence-corrected chi connectivity index (χ1v) is 7.57. The lowest BCUT2D eigenvalue weighted by Crippen LogP contribution is -1.82. The van der Waals surface area contributed by atoms with Crippen LogP contribution in [0, 0.1) is 5.82 Å². The van der Waals surface area contributed by atoms with E-state index in [9.17, 15) is 4.39 Å². The average Bonchev–Trinajstić information content (AvgIpc) is 3.22. The van der Waals surface area contributed by atoms with E-state index in [0.717, 1.165) is 17.0 Å². The second-order valence-corrected chi connectivity index (χ2v) is 5.67. The SMILES string of the molecule is COc1ccc(-c2cc(-c3nc4cc(Cl)c(F)cc4[nH]3)[nH]n2)cc1. The third-order valence-electron chi connectivity index (χ3n) is 3.74. The summed E-state index contributed by atoms with van der Waals surface area (Å²) in [7, 11) is 1.62. The van der Waals surface area contributed by atoms with E-state index in [1.807, 2.05) is 30.3 Å². The summed E-state index contributed by atoms with van der Waals surface area (Å²) in [4.78, 5) is 7.48. The maximum absolute atomic E-state index is 13.5. The number of aromatic amines is 2. The smallest absolute Gasteiger partial charge is 0.156 e. The molecule has 0 saturated heterocycles. The Morgan fingerprint density at radius 2 is 1.92 bits per heavy atom. The summed E-state index contributed by atoms with van der Waals surface area (Å²) in [6, 6.07) is 12.3. The molecule has 2 aromatic heterocycles. The minimum Gasteiger partial charge on any atom is -0.497 e. The van der Waals surface area contributed by atoms with E-state index in [0.29, 0.717) is 22.6 Å². The first-order valence-electron chi connectivity index (χ1n) is 7.19. The van der Waals surface area contributed by atoms with Gasteiger partial charge in [-0.2, -0.15) is 5.10 Å². The Hall–Kier alpha value is -2.86. The van der Waals surface area contributed by atoms with Crippen molar-refractivity contribution in [3.05, 3.63) is 53.3 Å². The van der Waals surface area contributed by atoms with Crippen molar-refractivity contribution in [2.75, 3.05) is 7.11 Å². The number of methoxy groups -OCH3 is 1. The number of aromatic nitrogens is 4. The van der Waals surface area contributed by atoms with E-state index >= 15 is 0 Å². The molecule has 2 heterocycles. The zero-order valence-electron chi connectivity index (χ0n) is 12.6. The minimum atomic E-state index is -0.483. The molecule has 0 fully saturated rings. The Bertz CT molecular complexity index is 984. The highest BCUT2D eigenvalue weighted by molar-refractivity contribution is 6.31. The van der Waals surface area contributed by atoms with Crippen LogP contribution in [0.25, 0.3) is 33.8 Å². The molecule has 0 aliphatic carbocycles. The number of nitrogens with zero attached hydrogens (tertiary/aromatic N) is 2. The Morgan fingerprint density at radius 3 is 2.67 bits per heavy atom. The monoisotopic (exact) mass is 342 g/mol. The summed E-state index contributed by atoms with van der Waals surface area (Å²) in [5.74, 6) is 0.868. The summed E-state index contributed by atoms with van der Waals surface area (Å²) in [5, 5.41) is 7.28. The van der Waals surface area contributed by atoms with E-state index in [1.54, 1.807) is 7.11 Å². The molecular weight excluding hydrogens is 331 g/mol. The topological polar surface area (TPSA) is 66.6 Å². The second-order valence-electron chi connectivity index (χ2n) is 5.26. The molecule has 2 aromatic carbocycles. The normalized spacial score (nSPS) is 11.1. The fourth-order valence-corrected chi connectivity index (χ4v) is 2.64. The van der Waals surface area contributed by atoms with Gasteiger partial charge < -0.3 is 9.72 Å². The van der Waals surface area contributed by atoms with Crippen LogP contribution in [0.2, 0.25) is 5.02 Å². The van der Waals surface area contributed by atoms with E-state index in [2.05, 4.69) is 20.2 Å². The molecule has 24 heavy (non-hydrogen) atoms. The van der Waals surface area contributed by atoms with Crippen LogP contribution in [-0.4, -0.2) is 27.3 Å². The van der Waals surface area contributed by atoms with Gasteiger partial charge in [0.15, 0.2) is 5.82 Å². The lowest BCUT2D eigenvalue weighted by Gasteiger charge is -1.99. The van der Waals surface area contributed by atoms with Crippen molar-refractivity contribution in [3.63, 3.8) is 0 Å². The third kappa shape index (κ3) is 2.51. The number of benzene rings is 2. The molecule has 0 unspecified atom stereocenters. The Balaban J connectivity index is 1.71. The highest BCUT2D eigenvalue weighted by Crippen LogP contribution is 2.27. The van der Waals surface area contributed by atoms with Crippen LogP contribution < -0.4 is 4.74 Å².